The first-order chi connectivity index (χ1) is 5.92. The van der Waals surface area contributed by atoms with Crippen molar-refractivity contribution in [3.05, 3.63) is 0 Å². The maximum atomic E-state index is 4.50. The molecule has 1 aliphatic heterocycles. The third kappa shape index (κ3) is 1.50. The summed E-state index contributed by atoms with van der Waals surface area (Å²) in [5.41, 5.74) is 0. The summed E-state index contributed by atoms with van der Waals surface area (Å²) in [7, 11) is 2.00. The molecule has 2 rings (SSSR count). The fourth-order valence-corrected chi connectivity index (χ4v) is 2.89. The maximum absolute atomic E-state index is 4.50. The Balaban J connectivity index is 1.99. The molecule has 0 amide bonds. The smallest absolute Gasteiger partial charge is 0.157 e. The second-order valence-corrected chi connectivity index (χ2v) is 4.17. The van der Waals surface area contributed by atoms with Gasteiger partial charge in [0, 0.05) is 12.3 Å². The summed E-state index contributed by atoms with van der Waals surface area (Å²) in [6, 6.07) is 0. The van der Waals surface area contributed by atoms with Crippen LogP contribution in [0.4, 0.5) is 0 Å². The highest BCUT2D eigenvalue weighted by molar-refractivity contribution is 4.86. The molecule has 0 aromatic rings. The molecule has 70 valence electrons. The van der Waals surface area contributed by atoms with Crippen molar-refractivity contribution in [3.63, 3.8) is 0 Å². The first kappa shape index (κ1) is 8.52. The average Bonchev–Trinajstić information content (AvgIpc) is 2.17. The Morgan fingerprint density at radius 3 is 3.00 bits per heavy atom. The zero-order chi connectivity index (χ0) is 8.39. The van der Waals surface area contributed by atoms with Crippen molar-refractivity contribution >= 4 is 0 Å². The Morgan fingerprint density at radius 2 is 2.17 bits per heavy atom. The molecule has 3 atom stereocenters. The second-order valence-electron chi connectivity index (χ2n) is 4.17. The lowest BCUT2D eigenvalue weighted by Gasteiger charge is -2.38. The molecule has 2 N–H and O–H groups in total. The lowest BCUT2D eigenvalue weighted by molar-refractivity contribution is -0.127. The topological polar surface area (TPSA) is 24.8 Å². The van der Waals surface area contributed by atoms with Gasteiger partial charge in [-0.05, 0) is 38.3 Å². The summed E-state index contributed by atoms with van der Waals surface area (Å²) < 4.78 is 4.50. The number of rotatable bonds is 1. The summed E-state index contributed by atoms with van der Waals surface area (Å²) in [6.07, 6.45) is 6.21. The van der Waals surface area contributed by atoms with Crippen LogP contribution >= 0.6 is 0 Å². The van der Waals surface area contributed by atoms with Gasteiger partial charge in [-0.3, -0.25) is 0 Å². The first-order valence-electron chi connectivity index (χ1n) is 5.21. The van der Waals surface area contributed by atoms with Crippen molar-refractivity contribution in [2.75, 3.05) is 20.2 Å². The van der Waals surface area contributed by atoms with Gasteiger partial charge in [-0.1, -0.05) is 0 Å². The second kappa shape index (κ2) is 3.75. The molecule has 0 aromatic heterocycles. The van der Waals surface area contributed by atoms with Crippen LogP contribution in [-0.4, -0.2) is 31.0 Å². The van der Waals surface area contributed by atoms with Crippen LogP contribution in [0.25, 0.3) is 0 Å². The SMILES string of the molecule is C[OH+]C1CCCC2CNCCC21. The van der Waals surface area contributed by atoms with Crippen molar-refractivity contribution in [2.24, 2.45) is 11.8 Å². The Bertz CT molecular complexity index is 140. The molecule has 0 bridgehead atoms. The molecule has 2 aliphatic rings. The molecule has 2 heteroatoms. The van der Waals surface area contributed by atoms with Gasteiger partial charge in [-0.25, -0.2) is 0 Å². The Labute approximate surface area is 74.7 Å². The van der Waals surface area contributed by atoms with Crippen LogP contribution in [0.1, 0.15) is 25.7 Å². The van der Waals surface area contributed by atoms with E-state index in [1.54, 1.807) is 0 Å². The average molecular weight is 170 g/mol. The third-order valence-electron chi connectivity index (χ3n) is 3.57. The predicted octanol–water partition coefficient (Wildman–Crippen LogP) is 0.922. The zero-order valence-electron chi connectivity index (χ0n) is 7.92. The molecule has 1 saturated heterocycles. The molecule has 12 heavy (non-hydrogen) atoms. The summed E-state index contributed by atoms with van der Waals surface area (Å²) >= 11 is 0. The van der Waals surface area contributed by atoms with Gasteiger partial charge in [0.2, 0.25) is 0 Å². The lowest BCUT2D eigenvalue weighted by Crippen LogP contribution is -2.45. The molecule has 0 aromatic carbocycles. The van der Waals surface area contributed by atoms with Gasteiger partial charge in [0.25, 0.3) is 0 Å². The number of hydrogen-bond acceptors (Lipinski definition) is 1. The normalized spacial score (nSPS) is 42.2. The first-order valence-corrected chi connectivity index (χ1v) is 5.21. The standard InChI is InChI=1S/C10H19NO/c1-12-10-4-2-3-8-7-11-6-5-9(8)10/h8-11H,2-7H2,1H3/p+1. The predicted molar refractivity (Wildman–Crippen MR) is 50.2 cm³/mol. The molecule has 3 unspecified atom stereocenters. The van der Waals surface area contributed by atoms with Crippen molar-refractivity contribution in [1.82, 2.24) is 5.32 Å². The van der Waals surface area contributed by atoms with E-state index in [1.165, 1.54) is 38.8 Å². The molecular weight excluding hydrogens is 150 g/mol. The van der Waals surface area contributed by atoms with E-state index in [1.807, 2.05) is 7.11 Å². The van der Waals surface area contributed by atoms with Gasteiger partial charge in [-0.2, -0.15) is 0 Å². The third-order valence-corrected chi connectivity index (χ3v) is 3.57. The van der Waals surface area contributed by atoms with Gasteiger partial charge in [-0.15, -0.1) is 0 Å². The molecule has 0 spiro atoms. The Kier molecular flexibility index (Phi) is 2.66. The van der Waals surface area contributed by atoms with Crippen LogP contribution in [0.15, 0.2) is 0 Å². The van der Waals surface area contributed by atoms with Crippen molar-refractivity contribution in [1.29, 1.82) is 0 Å². The van der Waals surface area contributed by atoms with E-state index in [2.05, 4.69) is 10.1 Å². The highest BCUT2D eigenvalue weighted by atomic mass is 16.5. The minimum atomic E-state index is 0.686. The number of nitrogens with one attached hydrogen (secondary N) is 1. The van der Waals surface area contributed by atoms with E-state index in [-0.39, 0.29) is 0 Å². The van der Waals surface area contributed by atoms with E-state index >= 15 is 0 Å². The van der Waals surface area contributed by atoms with Crippen molar-refractivity contribution in [2.45, 2.75) is 31.8 Å². The van der Waals surface area contributed by atoms with E-state index in [0.717, 1.165) is 11.8 Å². The van der Waals surface area contributed by atoms with Crippen LogP contribution in [0, 0.1) is 11.8 Å². The summed E-state index contributed by atoms with van der Waals surface area (Å²) in [6.45, 7) is 2.46. The number of fused-ring (bicyclic) bond motifs is 1. The Hall–Kier alpha value is -0.0800. The van der Waals surface area contributed by atoms with Crippen LogP contribution in [0.3, 0.4) is 0 Å². The van der Waals surface area contributed by atoms with E-state index in [4.69, 9.17) is 0 Å². The van der Waals surface area contributed by atoms with E-state index < -0.39 is 0 Å². The zero-order valence-corrected chi connectivity index (χ0v) is 7.92. The number of aliphatic hydroxyl groups is 2. The number of piperidine rings is 1. The number of hydrogen-bond donors (Lipinski definition) is 1. The van der Waals surface area contributed by atoms with Gasteiger partial charge in [0.15, 0.2) is 6.10 Å². The summed E-state index contributed by atoms with van der Waals surface area (Å²) in [5, 5.41) is 3.49. The van der Waals surface area contributed by atoms with Gasteiger partial charge in [0.05, 0.1) is 0 Å². The van der Waals surface area contributed by atoms with Gasteiger partial charge in [0.1, 0.15) is 7.11 Å². The minimum absolute atomic E-state index is 0.686. The van der Waals surface area contributed by atoms with Crippen LogP contribution in [0.5, 0.6) is 0 Å². The molecular formula is C10H20NO+. The highest BCUT2D eigenvalue weighted by Crippen LogP contribution is 2.34. The van der Waals surface area contributed by atoms with E-state index in [9.17, 15) is 0 Å². The van der Waals surface area contributed by atoms with Crippen LogP contribution in [-0.2, 0) is 0 Å². The fraction of sp³-hybridized carbons (Fsp3) is 1.00. The molecule has 1 aliphatic carbocycles. The van der Waals surface area contributed by atoms with Crippen LogP contribution in [0.2, 0.25) is 0 Å². The molecule has 1 saturated carbocycles. The number of ether oxygens (including phenoxy) is 1. The molecule has 1 heterocycles. The van der Waals surface area contributed by atoms with Gasteiger partial charge >= 0.3 is 0 Å². The van der Waals surface area contributed by atoms with Crippen molar-refractivity contribution < 1.29 is 4.74 Å². The highest BCUT2D eigenvalue weighted by Gasteiger charge is 2.37. The maximum Gasteiger partial charge on any atom is 0.157 e. The van der Waals surface area contributed by atoms with Crippen LogP contribution < -0.4 is 5.32 Å². The summed E-state index contributed by atoms with van der Waals surface area (Å²) in [4.78, 5) is 0. The van der Waals surface area contributed by atoms with E-state index in [0.29, 0.717) is 6.10 Å². The minimum Gasteiger partial charge on any atom is -0.433 e. The molecule has 2 nitrogen and oxygen atoms in total. The quantitative estimate of drug-likeness (QED) is 0.582. The van der Waals surface area contributed by atoms with Gasteiger partial charge < -0.3 is 10.1 Å². The monoisotopic (exact) mass is 170 g/mol. The molecule has 0 radical (unpaired) electrons. The summed E-state index contributed by atoms with van der Waals surface area (Å²) in [5.74, 6) is 1.84. The Morgan fingerprint density at radius 1 is 1.25 bits per heavy atom. The largest absolute Gasteiger partial charge is 0.433 e. The fourth-order valence-electron chi connectivity index (χ4n) is 2.89. The van der Waals surface area contributed by atoms with Crippen molar-refractivity contribution in [3.8, 4) is 0 Å². The lowest BCUT2D eigenvalue weighted by atomic mass is 9.74. The molecule has 2 fully saturated rings.